The fraction of sp³-hybridized carbons (Fsp3) is 0.429. The Morgan fingerprint density at radius 3 is 2.69 bits per heavy atom. The van der Waals surface area contributed by atoms with Gasteiger partial charge in [0.05, 0.1) is 0 Å². The maximum Gasteiger partial charge on any atom is 0.0210 e. The third-order valence-electron chi connectivity index (χ3n) is 2.59. The summed E-state index contributed by atoms with van der Waals surface area (Å²) in [4.78, 5) is 0. The zero-order chi connectivity index (χ0) is 12.1. The molecule has 16 heavy (non-hydrogen) atoms. The number of allylic oxidation sites excluding steroid dienone is 1. The van der Waals surface area contributed by atoms with Gasteiger partial charge in [0.25, 0.3) is 0 Å². The fourth-order valence-electron chi connectivity index (χ4n) is 1.61. The molecule has 0 aliphatic heterocycles. The normalized spacial score (nSPS) is 12.2. The van der Waals surface area contributed by atoms with Crippen molar-refractivity contribution in [3.05, 3.63) is 39.9 Å². The minimum atomic E-state index is 0.516. The van der Waals surface area contributed by atoms with Crippen LogP contribution in [0.1, 0.15) is 31.9 Å². The van der Waals surface area contributed by atoms with Crippen LogP contribution in [0.2, 0.25) is 0 Å². The topological polar surface area (TPSA) is 12.0 Å². The summed E-state index contributed by atoms with van der Waals surface area (Å²) in [5.74, 6) is 0. The average molecular weight is 282 g/mol. The summed E-state index contributed by atoms with van der Waals surface area (Å²) < 4.78 is 1.14. The minimum absolute atomic E-state index is 0.516. The van der Waals surface area contributed by atoms with E-state index in [0.29, 0.717) is 6.04 Å². The lowest BCUT2D eigenvalue weighted by Crippen LogP contribution is -2.24. The quantitative estimate of drug-likeness (QED) is 0.874. The van der Waals surface area contributed by atoms with Crippen molar-refractivity contribution in [3.63, 3.8) is 0 Å². The van der Waals surface area contributed by atoms with E-state index in [4.69, 9.17) is 0 Å². The first kappa shape index (κ1) is 13.5. The van der Waals surface area contributed by atoms with E-state index < -0.39 is 0 Å². The molecule has 1 aromatic rings. The highest BCUT2D eigenvalue weighted by Gasteiger charge is 2.05. The lowest BCUT2D eigenvalue weighted by Gasteiger charge is -2.14. The Kier molecular flexibility index (Phi) is 5.23. The molecule has 0 spiro atoms. The van der Waals surface area contributed by atoms with E-state index in [1.165, 1.54) is 16.7 Å². The van der Waals surface area contributed by atoms with E-state index in [2.05, 4.69) is 73.2 Å². The van der Waals surface area contributed by atoms with Crippen molar-refractivity contribution in [2.24, 2.45) is 0 Å². The molecular formula is C14H20BrN. The maximum atomic E-state index is 3.53. The third kappa shape index (κ3) is 3.76. The summed E-state index contributed by atoms with van der Waals surface area (Å²) in [6.45, 7) is 9.51. The second-order valence-corrected chi connectivity index (χ2v) is 5.22. The second-order valence-electron chi connectivity index (χ2n) is 4.31. The van der Waals surface area contributed by atoms with Crippen LogP contribution in [-0.4, -0.2) is 12.6 Å². The van der Waals surface area contributed by atoms with E-state index in [9.17, 15) is 0 Å². The Labute approximate surface area is 107 Å². The third-order valence-corrected chi connectivity index (χ3v) is 3.09. The van der Waals surface area contributed by atoms with Gasteiger partial charge in [-0.15, -0.1) is 0 Å². The number of hydrogen-bond acceptors (Lipinski definition) is 1. The molecule has 0 heterocycles. The highest BCUT2D eigenvalue weighted by Crippen LogP contribution is 2.22. The summed E-state index contributed by atoms with van der Waals surface area (Å²) in [7, 11) is 0. The van der Waals surface area contributed by atoms with E-state index in [0.717, 1.165) is 11.0 Å². The van der Waals surface area contributed by atoms with Crippen molar-refractivity contribution >= 4 is 21.5 Å². The van der Waals surface area contributed by atoms with E-state index >= 15 is 0 Å². The zero-order valence-corrected chi connectivity index (χ0v) is 12.1. The lowest BCUT2D eigenvalue weighted by molar-refractivity contribution is 0.637. The van der Waals surface area contributed by atoms with Crippen molar-refractivity contribution in [2.75, 3.05) is 6.54 Å². The molecular weight excluding hydrogens is 262 g/mol. The van der Waals surface area contributed by atoms with E-state index in [1.807, 2.05) is 0 Å². The highest BCUT2D eigenvalue weighted by atomic mass is 79.9. The molecule has 1 N–H and O–H groups in total. The molecule has 0 unspecified atom stereocenters. The lowest BCUT2D eigenvalue weighted by atomic mass is 10.0. The van der Waals surface area contributed by atoms with Crippen LogP contribution < -0.4 is 5.32 Å². The number of nitrogens with one attached hydrogen (secondary N) is 1. The van der Waals surface area contributed by atoms with Crippen molar-refractivity contribution in [3.8, 4) is 0 Å². The van der Waals surface area contributed by atoms with Gasteiger partial charge in [0, 0.05) is 17.1 Å². The minimum Gasteiger partial charge on any atom is -0.310 e. The van der Waals surface area contributed by atoms with E-state index in [1.54, 1.807) is 0 Å². The molecule has 0 radical (unpaired) electrons. The first-order valence-electron chi connectivity index (χ1n) is 5.69. The smallest absolute Gasteiger partial charge is 0.0210 e. The molecule has 0 fully saturated rings. The molecule has 1 nitrogen and oxygen atoms in total. The Morgan fingerprint density at radius 2 is 2.12 bits per heavy atom. The van der Waals surface area contributed by atoms with Crippen molar-refractivity contribution < 1.29 is 0 Å². The van der Waals surface area contributed by atoms with Gasteiger partial charge in [0.2, 0.25) is 0 Å². The molecule has 2 heteroatoms. The molecule has 0 saturated heterocycles. The SMILES string of the molecule is C/C=C(/CNC(C)C)c1cc(Br)ccc1C. The molecule has 0 bridgehead atoms. The van der Waals surface area contributed by atoms with Crippen molar-refractivity contribution in [1.29, 1.82) is 0 Å². The maximum absolute atomic E-state index is 3.53. The number of hydrogen-bond donors (Lipinski definition) is 1. The van der Waals surface area contributed by atoms with Gasteiger partial charge in [-0.1, -0.05) is 41.9 Å². The largest absolute Gasteiger partial charge is 0.310 e. The molecule has 0 aliphatic carbocycles. The standard InChI is InChI=1S/C14H20BrN/c1-5-12(9-16-10(2)3)14-8-13(15)7-6-11(14)4/h5-8,10,16H,9H2,1-4H3/b12-5-. The summed E-state index contributed by atoms with van der Waals surface area (Å²) in [6, 6.07) is 6.94. The van der Waals surface area contributed by atoms with Crippen LogP contribution in [0.25, 0.3) is 5.57 Å². The van der Waals surface area contributed by atoms with Gasteiger partial charge < -0.3 is 5.32 Å². The molecule has 88 valence electrons. The molecule has 1 aromatic carbocycles. The van der Waals surface area contributed by atoms with E-state index in [-0.39, 0.29) is 0 Å². The predicted molar refractivity (Wildman–Crippen MR) is 75.7 cm³/mol. The van der Waals surface area contributed by atoms with Gasteiger partial charge >= 0.3 is 0 Å². The molecule has 0 saturated carbocycles. The predicted octanol–water partition coefficient (Wildman–Crippen LogP) is 4.16. The van der Waals surface area contributed by atoms with Gasteiger partial charge in [-0.25, -0.2) is 0 Å². The molecule has 0 aromatic heterocycles. The monoisotopic (exact) mass is 281 g/mol. The number of rotatable bonds is 4. The van der Waals surface area contributed by atoms with Gasteiger partial charge in [-0.2, -0.15) is 0 Å². The molecule has 0 atom stereocenters. The molecule has 1 rings (SSSR count). The Hall–Kier alpha value is -0.600. The van der Waals surface area contributed by atoms with Crippen LogP contribution in [0.5, 0.6) is 0 Å². The second kappa shape index (κ2) is 6.21. The first-order chi connectivity index (χ1) is 7.54. The fourth-order valence-corrected chi connectivity index (χ4v) is 1.97. The summed E-state index contributed by atoms with van der Waals surface area (Å²) in [6.07, 6.45) is 2.18. The molecule has 0 aliphatic rings. The molecule has 0 amide bonds. The Morgan fingerprint density at radius 1 is 1.44 bits per heavy atom. The highest BCUT2D eigenvalue weighted by molar-refractivity contribution is 9.10. The van der Waals surface area contributed by atoms with Gasteiger partial charge in [-0.3, -0.25) is 0 Å². The van der Waals surface area contributed by atoms with Crippen molar-refractivity contribution in [2.45, 2.75) is 33.7 Å². The van der Waals surface area contributed by atoms with Crippen LogP contribution in [-0.2, 0) is 0 Å². The van der Waals surface area contributed by atoms with Gasteiger partial charge in [0.15, 0.2) is 0 Å². The zero-order valence-electron chi connectivity index (χ0n) is 10.5. The van der Waals surface area contributed by atoms with Crippen LogP contribution in [0.4, 0.5) is 0 Å². The summed E-state index contributed by atoms with van der Waals surface area (Å²) in [5, 5.41) is 3.46. The van der Waals surface area contributed by atoms with Crippen LogP contribution in [0.15, 0.2) is 28.7 Å². The first-order valence-corrected chi connectivity index (χ1v) is 6.49. The van der Waals surface area contributed by atoms with Gasteiger partial charge in [-0.05, 0) is 42.7 Å². The Bertz CT molecular complexity index is 380. The number of benzene rings is 1. The number of halogens is 1. The Balaban J connectivity index is 2.91. The average Bonchev–Trinajstić information content (AvgIpc) is 2.23. The summed E-state index contributed by atoms with van der Waals surface area (Å²) in [5.41, 5.74) is 4.00. The summed E-state index contributed by atoms with van der Waals surface area (Å²) >= 11 is 3.53. The number of aryl methyl sites for hydroxylation is 1. The van der Waals surface area contributed by atoms with Crippen LogP contribution in [0.3, 0.4) is 0 Å². The van der Waals surface area contributed by atoms with Crippen LogP contribution >= 0.6 is 15.9 Å². The van der Waals surface area contributed by atoms with Crippen molar-refractivity contribution in [1.82, 2.24) is 5.32 Å². The van der Waals surface area contributed by atoms with Crippen LogP contribution in [0, 0.1) is 6.92 Å². The van der Waals surface area contributed by atoms with Gasteiger partial charge in [0.1, 0.15) is 0 Å².